The molecule has 86 heavy (non-hydrogen) atoms. The lowest BCUT2D eigenvalue weighted by molar-refractivity contribution is 0.146. The molecular weight excluding hydrogens is 1090 g/mol. The summed E-state index contributed by atoms with van der Waals surface area (Å²) in [4.78, 5) is 46.7. The molecule has 0 aliphatic carbocycles. The number of hydrogen-bond donors (Lipinski definition) is 4. The summed E-state index contributed by atoms with van der Waals surface area (Å²) in [5.41, 5.74) is 33.4. The van der Waals surface area contributed by atoms with Crippen LogP contribution in [0.2, 0.25) is 0 Å². The second-order valence-corrected chi connectivity index (χ2v) is 20.3. The highest BCUT2D eigenvalue weighted by Gasteiger charge is 2.23. The number of benzene rings is 3. The summed E-state index contributed by atoms with van der Waals surface area (Å²) in [6, 6.07) is 34.0. The number of hydrogen-bond acceptors (Lipinski definition) is 21. The Kier molecular flexibility index (Phi) is 16.7. The minimum absolute atomic E-state index is 0.00898. The number of methoxy groups -OCH3 is 1. The van der Waals surface area contributed by atoms with Gasteiger partial charge in [-0.3, -0.25) is 9.69 Å². The fourth-order valence-electron chi connectivity index (χ4n) is 9.73. The van der Waals surface area contributed by atoms with Crippen molar-refractivity contribution in [2.75, 3.05) is 80.9 Å². The van der Waals surface area contributed by atoms with Crippen LogP contribution in [-0.4, -0.2) is 127 Å². The van der Waals surface area contributed by atoms with Gasteiger partial charge in [-0.2, -0.15) is 19.6 Å². The van der Waals surface area contributed by atoms with Crippen LogP contribution in [0.4, 0.5) is 34.9 Å². The van der Waals surface area contributed by atoms with Crippen molar-refractivity contribution >= 4 is 62.8 Å². The Morgan fingerprint density at radius 3 is 2.19 bits per heavy atom. The number of rotatable bonds is 15. The van der Waals surface area contributed by atoms with Crippen molar-refractivity contribution in [3.05, 3.63) is 167 Å². The number of nitrogens with zero attached hydrogens (tertiary/aromatic N) is 17. The van der Waals surface area contributed by atoms with E-state index in [1.807, 2.05) is 92.2 Å². The summed E-state index contributed by atoms with van der Waals surface area (Å²) in [5.74, 6) is 3.03. The van der Waals surface area contributed by atoms with E-state index in [0.29, 0.717) is 88.8 Å². The smallest absolute Gasteiger partial charge is 0.312 e. The second kappa shape index (κ2) is 25.2. The van der Waals surface area contributed by atoms with Gasteiger partial charge in [0.25, 0.3) is 5.56 Å². The highest BCUT2D eigenvalue weighted by atomic mass is 16.5. The first kappa shape index (κ1) is 56.8. The summed E-state index contributed by atoms with van der Waals surface area (Å²) >= 11 is 0. The highest BCUT2D eigenvalue weighted by molar-refractivity contribution is 5.90. The average molecular weight is 1160 g/mol. The molecule has 436 valence electrons. The predicted molar refractivity (Wildman–Crippen MR) is 327 cm³/mol. The molecule has 1 saturated heterocycles. The Morgan fingerprint density at radius 2 is 1.48 bits per heavy atom. The molecule has 9 aromatic heterocycles. The molecule has 10 heterocycles. The number of ether oxygens (including phenoxy) is 2. The molecule has 1 aliphatic heterocycles. The van der Waals surface area contributed by atoms with Crippen LogP contribution in [-0.2, 0) is 17.8 Å². The number of nitrogen functional groups attached to an aromatic ring is 4. The van der Waals surface area contributed by atoms with Crippen molar-refractivity contribution in [2.45, 2.75) is 39.9 Å². The van der Waals surface area contributed by atoms with Crippen LogP contribution >= 0.6 is 0 Å². The van der Waals surface area contributed by atoms with Crippen LogP contribution in [0, 0.1) is 13.5 Å². The van der Waals surface area contributed by atoms with E-state index in [4.69, 9.17) is 47.8 Å². The van der Waals surface area contributed by atoms with Crippen LogP contribution < -0.4 is 38.1 Å². The maximum Gasteiger partial charge on any atom is 0.312 e. The zero-order chi connectivity index (χ0) is 59.8. The van der Waals surface area contributed by atoms with Gasteiger partial charge in [-0.1, -0.05) is 54.3 Å². The molecule has 3 aromatic carbocycles. The molecule has 0 radical (unpaired) electrons. The van der Waals surface area contributed by atoms with Gasteiger partial charge in [0.15, 0.2) is 39.7 Å². The standard InChI is InChI=1S/C25H29N9O3.C19H17N5O.C16H15N7O/c1-35-15-16-36-19-6-4-18(5-7-19)32-11-8-31(9-12-32)10-13-33-23-20(17-27-33)24-28-22(21-3-2-14-37-21)30-34(24)25(26)29-23;1-12(2)24-11-14(9-10-15(24)25)17-16(13-7-5-4-6-8-13)22-18(20)19(21-3)23-17;1-9-7-10(4-5-11(9)17)8-23-15-14(21-22-23)13(19-16(18)20-15)12-3-2-6-24-12/h2-7,14,17H,8-13,15-16H2,1H3,(H2,26,29);4-12H,1-2H3,(H2,20,22);2-7H,8,17H2,1H3,(H2,18,19,20). The number of pyridine rings is 1. The molecule has 1 fully saturated rings. The normalized spacial score (nSPS) is 12.5. The maximum absolute atomic E-state index is 12.0. The van der Waals surface area contributed by atoms with E-state index in [1.54, 1.807) is 65.5 Å². The Balaban J connectivity index is 0.000000139. The van der Waals surface area contributed by atoms with Crippen LogP contribution in [0.15, 0.2) is 148 Å². The molecular formula is C60H61N21O5. The molecule has 0 amide bonds. The zero-order valence-electron chi connectivity index (χ0n) is 47.6. The Hall–Kier alpha value is -11.0. The summed E-state index contributed by atoms with van der Waals surface area (Å²) < 4.78 is 28.3. The minimum atomic E-state index is -0.0891. The molecule has 12 aromatic rings. The zero-order valence-corrected chi connectivity index (χ0v) is 47.6. The molecule has 0 saturated carbocycles. The van der Waals surface area contributed by atoms with E-state index < -0.39 is 0 Å². The first-order chi connectivity index (χ1) is 41.8. The fraction of sp³-hybridized carbons (Fsp3) is 0.233. The summed E-state index contributed by atoms with van der Waals surface area (Å²) in [5, 5.41) is 18.2. The second-order valence-electron chi connectivity index (χ2n) is 20.3. The molecule has 8 N–H and O–H groups in total. The molecule has 1 aliphatic rings. The van der Waals surface area contributed by atoms with E-state index in [2.05, 4.69) is 77.2 Å². The molecule has 13 rings (SSSR count). The van der Waals surface area contributed by atoms with E-state index in [9.17, 15) is 4.79 Å². The lowest BCUT2D eigenvalue weighted by atomic mass is 10.1. The first-order valence-electron chi connectivity index (χ1n) is 27.5. The van der Waals surface area contributed by atoms with Gasteiger partial charge in [0.05, 0.1) is 43.8 Å². The van der Waals surface area contributed by atoms with E-state index >= 15 is 0 Å². The Labute approximate surface area is 492 Å². The van der Waals surface area contributed by atoms with Crippen LogP contribution in [0.25, 0.3) is 78.2 Å². The largest absolute Gasteiger partial charge is 0.491 e. The monoisotopic (exact) mass is 1160 g/mol. The number of furan rings is 2. The molecule has 0 spiro atoms. The van der Waals surface area contributed by atoms with Crippen molar-refractivity contribution in [1.29, 1.82) is 0 Å². The quantitative estimate of drug-likeness (QED) is 0.0431. The third-order valence-electron chi connectivity index (χ3n) is 14.2. The summed E-state index contributed by atoms with van der Waals surface area (Å²) in [7, 11) is 1.67. The van der Waals surface area contributed by atoms with Crippen LogP contribution in [0.1, 0.15) is 31.0 Å². The van der Waals surface area contributed by atoms with Crippen molar-refractivity contribution in [3.8, 4) is 51.3 Å². The van der Waals surface area contributed by atoms with Crippen LogP contribution in [0.5, 0.6) is 5.75 Å². The molecule has 26 heteroatoms. The SMILES string of the molecule is COCCOc1ccc(N2CCN(CCn3ncc4c3nc(N)n3nc(-c5ccco5)nc43)CC2)cc1.Cc1cc(Cn2nnc3c(-c4ccco4)nc(N)nc32)ccc1N.[C-]#[N+]c1nc(-c2ccc(=O)n(C(C)C)c2)c(-c2ccccc2)nc1N. The van der Waals surface area contributed by atoms with Gasteiger partial charge in [0, 0.05) is 80.6 Å². The fourth-order valence-corrected chi connectivity index (χ4v) is 9.73. The van der Waals surface area contributed by atoms with Crippen LogP contribution in [0.3, 0.4) is 0 Å². The third kappa shape index (κ3) is 12.3. The lowest BCUT2D eigenvalue weighted by Gasteiger charge is -2.36. The van der Waals surface area contributed by atoms with E-state index in [0.717, 1.165) is 66.2 Å². The number of aryl methyl sites for hydroxylation is 1. The van der Waals surface area contributed by atoms with Gasteiger partial charge in [-0.05, 0) is 92.6 Å². The topological polar surface area (TPSA) is 325 Å². The molecule has 0 unspecified atom stereocenters. The molecule has 26 nitrogen and oxygen atoms in total. The Bertz CT molecular complexity index is 4390. The summed E-state index contributed by atoms with van der Waals surface area (Å²) in [6.07, 6.45) is 6.68. The van der Waals surface area contributed by atoms with E-state index in [-0.39, 0.29) is 35.1 Å². The number of anilines is 5. The number of piperazine rings is 1. The predicted octanol–water partition coefficient (Wildman–Crippen LogP) is 7.85. The van der Waals surface area contributed by atoms with Gasteiger partial charge in [-0.15, -0.1) is 15.2 Å². The number of fused-ring (bicyclic) bond motifs is 4. The maximum atomic E-state index is 12.0. The number of nitrogens with two attached hydrogens (primary N) is 4. The van der Waals surface area contributed by atoms with Gasteiger partial charge in [0.2, 0.25) is 17.7 Å². The van der Waals surface area contributed by atoms with E-state index in [1.165, 1.54) is 16.3 Å². The van der Waals surface area contributed by atoms with Crippen molar-refractivity contribution in [1.82, 2.24) is 73.8 Å². The van der Waals surface area contributed by atoms with Gasteiger partial charge in [-0.25, -0.2) is 24.3 Å². The van der Waals surface area contributed by atoms with Gasteiger partial charge in [0.1, 0.15) is 29.6 Å². The van der Waals surface area contributed by atoms with Gasteiger partial charge < -0.3 is 55.6 Å². The minimum Gasteiger partial charge on any atom is -0.491 e. The summed E-state index contributed by atoms with van der Waals surface area (Å²) in [6.45, 7) is 20.2. The first-order valence-corrected chi connectivity index (χ1v) is 27.5. The third-order valence-corrected chi connectivity index (χ3v) is 14.2. The highest BCUT2D eigenvalue weighted by Crippen LogP contribution is 2.34. The van der Waals surface area contributed by atoms with Crippen molar-refractivity contribution < 1.29 is 18.3 Å². The Morgan fingerprint density at radius 1 is 0.721 bits per heavy atom. The average Bonchev–Trinajstić information content (AvgIpc) is 1.89. The van der Waals surface area contributed by atoms with Gasteiger partial charge >= 0.3 is 5.82 Å². The molecule has 0 atom stereocenters. The molecule has 0 bridgehead atoms. The lowest BCUT2D eigenvalue weighted by Crippen LogP contribution is -2.47. The number of aromatic nitrogens is 14. The van der Waals surface area contributed by atoms with Crippen molar-refractivity contribution in [3.63, 3.8) is 0 Å². The van der Waals surface area contributed by atoms with Crippen molar-refractivity contribution in [2.24, 2.45) is 0 Å².